The molecule has 2 heterocycles. The molecule has 0 saturated heterocycles. The van der Waals surface area contributed by atoms with Gasteiger partial charge in [0, 0.05) is 13.2 Å². The molecule has 0 spiro atoms. The van der Waals surface area contributed by atoms with Gasteiger partial charge in [-0.05, 0) is 34.7 Å². The second-order valence-electron chi connectivity index (χ2n) is 4.42. The van der Waals surface area contributed by atoms with Crippen molar-refractivity contribution in [1.82, 2.24) is 24.8 Å². The maximum absolute atomic E-state index is 12.2. The molecule has 0 fully saturated rings. The van der Waals surface area contributed by atoms with Crippen LogP contribution >= 0.6 is 11.8 Å². The van der Waals surface area contributed by atoms with Crippen LogP contribution in [0.1, 0.15) is 10.5 Å². The van der Waals surface area contributed by atoms with Gasteiger partial charge in [-0.3, -0.25) is 4.79 Å². The fraction of sp³-hybridized carbons (Fsp3) is 0.143. The Kier molecular flexibility index (Phi) is 3.83. The molecule has 3 rings (SSSR count). The van der Waals surface area contributed by atoms with Gasteiger partial charge in [-0.2, -0.15) is 4.68 Å². The number of benzene rings is 1. The minimum absolute atomic E-state index is 0.0510. The van der Waals surface area contributed by atoms with E-state index in [1.54, 1.807) is 4.68 Å². The predicted molar refractivity (Wildman–Crippen MR) is 79.6 cm³/mol. The Hall–Kier alpha value is -2.41. The number of Topliss-reactive ketones (excluding diaryl/α,β-unsaturated/α-hetero) is 1. The second kappa shape index (κ2) is 5.92. The van der Waals surface area contributed by atoms with E-state index in [1.165, 1.54) is 11.8 Å². The number of rotatable bonds is 5. The number of hydrogen-bond donors (Lipinski definition) is 0. The number of hydrogen-bond acceptors (Lipinski definition) is 5. The summed E-state index contributed by atoms with van der Waals surface area (Å²) in [5.74, 6) is 0.348. The molecular formula is C14H13N5OS. The molecule has 21 heavy (non-hydrogen) atoms. The minimum atomic E-state index is 0.0510. The zero-order valence-electron chi connectivity index (χ0n) is 11.4. The standard InChI is InChI=1S/C14H13N5OS/c1-18-9-5-8-12(18)13(20)10-21-14-15-16-17-19(14)11-6-3-2-4-7-11/h2-9H,10H2,1H3. The van der Waals surface area contributed by atoms with Crippen molar-refractivity contribution < 1.29 is 4.79 Å². The molecule has 0 unspecified atom stereocenters. The number of nitrogens with zero attached hydrogens (tertiary/aromatic N) is 5. The van der Waals surface area contributed by atoms with Crippen molar-refractivity contribution in [3.05, 3.63) is 54.4 Å². The molecule has 1 aromatic carbocycles. The van der Waals surface area contributed by atoms with E-state index in [4.69, 9.17) is 0 Å². The summed E-state index contributed by atoms with van der Waals surface area (Å²) in [4.78, 5) is 12.2. The summed E-state index contributed by atoms with van der Waals surface area (Å²) in [5, 5.41) is 12.2. The molecule has 2 aromatic heterocycles. The lowest BCUT2D eigenvalue weighted by Crippen LogP contribution is -2.08. The monoisotopic (exact) mass is 299 g/mol. The van der Waals surface area contributed by atoms with Gasteiger partial charge in [-0.25, -0.2) is 0 Å². The summed E-state index contributed by atoms with van der Waals surface area (Å²) < 4.78 is 3.44. The summed E-state index contributed by atoms with van der Waals surface area (Å²) in [6.07, 6.45) is 1.85. The summed E-state index contributed by atoms with van der Waals surface area (Å²) in [6, 6.07) is 13.3. The fourth-order valence-electron chi connectivity index (χ4n) is 1.95. The highest BCUT2D eigenvalue weighted by Gasteiger charge is 2.14. The van der Waals surface area contributed by atoms with E-state index in [9.17, 15) is 4.79 Å². The number of aryl methyl sites for hydroxylation is 1. The first-order valence-electron chi connectivity index (χ1n) is 6.37. The largest absolute Gasteiger partial charge is 0.348 e. The normalized spacial score (nSPS) is 10.7. The van der Waals surface area contributed by atoms with Crippen LogP contribution in [0.25, 0.3) is 5.69 Å². The highest BCUT2D eigenvalue weighted by molar-refractivity contribution is 7.99. The van der Waals surface area contributed by atoms with E-state index >= 15 is 0 Å². The Labute approximate surface area is 125 Å². The van der Waals surface area contributed by atoms with Crippen molar-refractivity contribution in [3.63, 3.8) is 0 Å². The number of thioether (sulfide) groups is 1. The quantitative estimate of drug-likeness (QED) is 0.532. The van der Waals surface area contributed by atoms with E-state index in [0.29, 0.717) is 16.6 Å². The second-order valence-corrected chi connectivity index (χ2v) is 5.37. The van der Waals surface area contributed by atoms with Gasteiger partial charge in [0.05, 0.1) is 17.1 Å². The fourth-order valence-corrected chi connectivity index (χ4v) is 2.72. The van der Waals surface area contributed by atoms with Gasteiger partial charge in [0.15, 0.2) is 5.78 Å². The van der Waals surface area contributed by atoms with Crippen molar-refractivity contribution in [2.75, 3.05) is 5.75 Å². The number of para-hydroxylation sites is 1. The average molecular weight is 299 g/mol. The van der Waals surface area contributed by atoms with Gasteiger partial charge in [-0.1, -0.05) is 30.0 Å². The smallest absolute Gasteiger partial charge is 0.214 e. The first-order chi connectivity index (χ1) is 10.3. The number of aromatic nitrogens is 5. The zero-order chi connectivity index (χ0) is 14.7. The van der Waals surface area contributed by atoms with Gasteiger partial charge in [0.25, 0.3) is 0 Å². The van der Waals surface area contributed by atoms with Crippen LogP contribution in [-0.4, -0.2) is 36.3 Å². The van der Waals surface area contributed by atoms with Gasteiger partial charge in [0.2, 0.25) is 5.16 Å². The van der Waals surface area contributed by atoms with E-state index in [2.05, 4.69) is 15.5 Å². The highest BCUT2D eigenvalue weighted by Crippen LogP contribution is 2.19. The molecule has 7 heteroatoms. The van der Waals surface area contributed by atoms with Crippen LogP contribution < -0.4 is 0 Å². The Morgan fingerprint density at radius 2 is 2.00 bits per heavy atom. The Morgan fingerprint density at radius 1 is 1.19 bits per heavy atom. The molecule has 6 nitrogen and oxygen atoms in total. The van der Waals surface area contributed by atoms with Crippen molar-refractivity contribution in [2.24, 2.45) is 7.05 Å². The van der Waals surface area contributed by atoms with Crippen molar-refractivity contribution in [3.8, 4) is 5.69 Å². The van der Waals surface area contributed by atoms with Gasteiger partial charge >= 0.3 is 0 Å². The molecule has 0 bridgehead atoms. The highest BCUT2D eigenvalue weighted by atomic mass is 32.2. The number of carbonyl (C=O) groups excluding carboxylic acids is 1. The van der Waals surface area contributed by atoms with Gasteiger partial charge in [0.1, 0.15) is 0 Å². The molecule has 0 aliphatic carbocycles. The summed E-state index contributed by atoms with van der Waals surface area (Å²) in [7, 11) is 1.85. The molecule has 3 aromatic rings. The van der Waals surface area contributed by atoms with E-state index in [1.807, 2.05) is 60.3 Å². The van der Waals surface area contributed by atoms with Crippen LogP contribution in [0.2, 0.25) is 0 Å². The lowest BCUT2D eigenvalue weighted by molar-refractivity contribution is 0.101. The molecular weight excluding hydrogens is 286 g/mol. The number of carbonyl (C=O) groups is 1. The number of ketones is 1. The van der Waals surface area contributed by atoms with E-state index in [0.717, 1.165) is 5.69 Å². The minimum Gasteiger partial charge on any atom is -0.348 e. The summed E-state index contributed by atoms with van der Waals surface area (Å²) >= 11 is 1.33. The maximum atomic E-state index is 12.2. The lowest BCUT2D eigenvalue weighted by atomic mass is 10.3. The van der Waals surface area contributed by atoms with Crippen molar-refractivity contribution >= 4 is 17.5 Å². The molecule has 0 amide bonds. The van der Waals surface area contributed by atoms with E-state index < -0.39 is 0 Å². The molecule has 106 valence electrons. The molecule has 0 N–H and O–H groups in total. The maximum Gasteiger partial charge on any atom is 0.214 e. The van der Waals surface area contributed by atoms with Crippen molar-refractivity contribution in [2.45, 2.75) is 5.16 Å². The molecule has 0 atom stereocenters. The Balaban J connectivity index is 1.74. The Bertz CT molecular complexity index is 750. The topological polar surface area (TPSA) is 65.6 Å². The molecule has 0 radical (unpaired) electrons. The third-order valence-corrected chi connectivity index (χ3v) is 3.92. The zero-order valence-corrected chi connectivity index (χ0v) is 12.2. The van der Waals surface area contributed by atoms with E-state index in [-0.39, 0.29) is 5.78 Å². The Morgan fingerprint density at radius 3 is 2.71 bits per heavy atom. The van der Waals surface area contributed by atoms with Crippen LogP contribution in [0.5, 0.6) is 0 Å². The van der Waals surface area contributed by atoms with Crippen LogP contribution in [-0.2, 0) is 7.05 Å². The van der Waals surface area contributed by atoms with Gasteiger partial charge < -0.3 is 4.57 Å². The lowest BCUT2D eigenvalue weighted by Gasteiger charge is -2.04. The number of tetrazole rings is 1. The SMILES string of the molecule is Cn1cccc1C(=O)CSc1nnnn1-c1ccccc1. The molecule has 0 aliphatic rings. The van der Waals surface area contributed by atoms with Gasteiger partial charge in [-0.15, -0.1) is 5.10 Å². The first kappa shape index (κ1) is 13.6. The third kappa shape index (κ3) is 2.87. The first-order valence-corrected chi connectivity index (χ1v) is 7.35. The summed E-state index contributed by atoms with van der Waals surface area (Å²) in [6.45, 7) is 0. The average Bonchev–Trinajstić information content (AvgIpc) is 3.14. The molecule has 0 saturated carbocycles. The van der Waals surface area contributed by atoms with Crippen molar-refractivity contribution in [1.29, 1.82) is 0 Å². The van der Waals surface area contributed by atoms with Crippen LogP contribution in [0.15, 0.2) is 53.8 Å². The van der Waals surface area contributed by atoms with Crippen LogP contribution in [0, 0.1) is 0 Å². The summed E-state index contributed by atoms with van der Waals surface area (Å²) in [5.41, 5.74) is 1.55. The van der Waals surface area contributed by atoms with Crippen LogP contribution in [0.4, 0.5) is 0 Å². The predicted octanol–water partition coefficient (Wildman–Crippen LogP) is 1.98. The molecule has 0 aliphatic heterocycles. The van der Waals surface area contributed by atoms with Crippen LogP contribution in [0.3, 0.4) is 0 Å². The third-order valence-electron chi connectivity index (χ3n) is 3.00.